The van der Waals surface area contributed by atoms with Crippen LogP contribution in [0.3, 0.4) is 0 Å². The Bertz CT molecular complexity index is 979. The molecule has 0 unspecified atom stereocenters. The van der Waals surface area contributed by atoms with Crippen LogP contribution in [0.15, 0.2) is 47.4 Å². The fourth-order valence-electron chi connectivity index (χ4n) is 2.95. The summed E-state index contributed by atoms with van der Waals surface area (Å²) < 4.78 is 41.0. The van der Waals surface area contributed by atoms with Crippen molar-refractivity contribution >= 4 is 38.9 Å². The quantitative estimate of drug-likeness (QED) is 0.579. The van der Waals surface area contributed by atoms with Crippen LogP contribution in [-0.2, 0) is 21.4 Å². The third-order valence-corrected chi connectivity index (χ3v) is 6.52. The van der Waals surface area contributed by atoms with Crippen LogP contribution in [0.1, 0.15) is 25.8 Å². The van der Waals surface area contributed by atoms with Gasteiger partial charge in [0.15, 0.2) is 0 Å². The molecule has 164 valence electrons. The molecule has 0 aliphatic rings. The van der Waals surface area contributed by atoms with Crippen molar-refractivity contribution in [1.82, 2.24) is 4.31 Å². The summed E-state index contributed by atoms with van der Waals surface area (Å²) in [6.45, 7) is 3.85. The number of carbonyl (C=O) groups excluding carboxylic acids is 1. The summed E-state index contributed by atoms with van der Waals surface area (Å²) in [6, 6.07) is 10.1. The zero-order valence-electron chi connectivity index (χ0n) is 17.5. The van der Waals surface area contributed by atoms with Crippen molar-refractivity contribution < 1.29 is 17.6 Å². The Balaban J connectivity index is 2.43. The van der Waals surface area contributed by atoms with Crippen molar-refractivity contribution in [2.75, 3.05) is 30.9 Å². The van der Waals surface area contributed by atoms with Gasteiger partial charge in [-0.05, 0) is 61.4 Å². The molecule has 1 atom stereocenters. The summed E-state index contributed by atoms with van der Waals surface area (Å²) in [4.78, 5) is 13.9. The van der Waals surface area contributed by atoms with E-state index in [2.05, 4.69) is 5.32 Å². The Morgan fingerprint density at radius 2 is 1.80 bits per heavy atom. The van der Waals surface area contributed by atoms with Gasteiger partial charge in [0.25, 0.3) is 0 Å². The second-order valence-electron chi connectivity index (χ2n) is 7.14. The first kappa shape index (κ1) is 24.1. The normalized spacial score (nSPS) is 12.6. The Labute approximate surface area is 182 Å². The van der Waals surface area contributed by atoms with Gasteiger partial charge in [0.05, 0.1) is 4.90 Å². The number of anilines is 2. The predicted molar refractivity (Wildman–Crippen MR) is 119 cm³/mol. The highest BCUT2D eigenvalue weighted by atomic mass is 35.5. The number of alkyl halides is 1. The number of carbonyl (C=O) groups is 1. The maximum absolute atomic E-state index is 13.3. The molecule has 0 saturated heterocycles. The molecule has 0 aliphatic heterocycles. The zero-order chi connectivity index (χ0) is 22.5. The highest BCUT2D eigenvalue weighted by Gasteiger charge is 2.25. The van der Waals surface area contributed by atoms with Gasteiger partial charge in [-0.25, -0.2) is 12.8 Å². The number of rotatable bonds is 9. The third-order valence-electron chi connectivity index (χ3n) is 4.46. The second-order valence-corrected chi connectivity index (χ2v) is 9.73. The van der Waals surface area contributed by atoms with Crippen molar-refractivity contribution in [1.29, 1.82) is 0 Å². The minimum atomic E-state index is -3.83. The Morgan fingerprint density at radius 3 is 2.33 bits per heavy atom. The molecule has 2 rings (SSSR count). The molecule has 0 aliphatic carbocycles. The number of amides is 1. The van der Waals surface area contributed by atoms with E-state index in [0.717, 1.165) is 23.4 Å². The first-order valence-electron chi connectivity index (χ1n) is 9.57. The van der Waals surface area contributed by atoms with Crippen LogP contribution >= 0.6 is 11.6 Å². The van der Waals surface area contributed by atoms with Crippen LogP contribution in [0.2, 0.25) is 0 Å². The van der Waals surface area contributed by atoms with Crippen LogP contribution < -0.4 is 10.2 Å². The second kappa shape index (κ2) is 10.2. The lowest BCUT2D eigenvalue weighted by atomic mass is 10.1. The molecule has 0 bridgehead atoms. The highest BCUT2D eigenvalue weighted by Crippen LogP contribution is 2.27. The van der Waals surface area contributed by atoms with Crippen LogP contribution in [0, 0.1) is 5.82 Å². The standard InChI is InChI=1S/C21H27ClFN3O3S/c1-5-12-26(30(28,29)19-9-6-17(23)7-10-19)14-16-13-18(24-21(27)15(2)22)8-11-20(16)25(3)4/h6-11,13,15H,5,12,14H2,1-4H3,(H,24,27)/t15-/m1/s1. The summed E-state index contributed by atoms with van der Waals surface area (Å²) in [5, 5.41) is 2.03. The number of hydrogen-bond donors (Lipinski definition) is 1. The van der Waals surface area contributed by atoms with E-state index in [-0.39, 0.29) is 17.3 Å². The molecule has 2 aromatic rings. The average Bonchev–Trinajstić information content (AvgIpc) is 2.67. The monoisotopic (exact) mass is 455 g/mol. The van der Waals surface area contributed by atoms with E-state index in [1.807, 2.05) is 32.0 Å². The van der Waals surface area contributed by atoms with Gasteiger partial charge < -0.3 is 10.2 Å². The summed E-state index contributed by atoms with van der Waals surface area (Å²) in [5.74, 6) is -0.840. The first-order valence-corrected chi connectivity index (χ1v) is 11.4. The highest BCUT2D eigenvalue weighted by molar-refractivity contribution is 7.89. The topological polar surface area (TPSA) is 69.7 Å². The molecule has 0 fully saturated rings. The molecular weight excluding hydrogens is 429 g/mol. The van der Waals surface area contributed by atoms with E-state index in [1.165, 1.54) is 16.4 Å². The third kappa shape index (κ3) is 5.93. The number of halogens is 2. The van der Waals surface area contributed by atoms with Crippen LogP contribution in [0.25, 0.3) is 0 Å². The fraction of sp³-hybridized carbons (Fsp3) is 0.381. The number of benzene rings is 2. The van der Waals surface area contributed by atoms with Crippen LogP contribution in [-0.4, -0.2) is 44.6 Å². The lowest BCUT2D eigenvalue weighted by Gasteiger charge is -2.25. The maximum atomic E-state index is 13.3. The molecule has 0 spiro atoms. The number of nitrogens with one attached hydrogen (secondary N) is 1. The van der Waals surface area contributed by atoms with E-state index < -0.39 is 21.2 Å². The molecular formula is C21H27ClFN3O3S. The van der Waals surface area contributed by atoms with Crippen molar-refractivity contribution in [2.45, 2.75) is 37.1 Å². The number of nitrogens with zero attached hydrogens (tertiary/aromatic N) is 2. The van der Waals surface area contributed by atoms with E-state index in [4.69, 9.17) is 11.6 Å². The van der Waals surface area contributed by atoms with Crippen molar-refractivity contribution in [3.05, 3.63) is 53.8 Å². The van der Waals surface area contributed by atoms with E-state index >= 15 is 0 Å². The Hall–Kier alpha value is -2.16. The molecule has 30 heavy (non-hydrogen) atoms. The van der Waals surface area contributed by atoms with E-state index in [0.29, 0.717) is 18.7 Å². The summed E-state index contributed by atoms with van der Waals surface area (Å²) in [6.07, 6.45) is 0.609. The lowest BCUT2D eigenvalue weighted by Crippen LogP contribution is -2.32. The van der Waals surface area contributed by atoms with Gasteiger partial charge in [0.2, 0.25) is 15.9 Å². The average molecular weight is 456 g/mol. The van der Waals surface area contributed by atoms with Gasteiger partial charge >= 0.3 is 0 Å². The molecule has 6 nitrogen and oxygen atoms in total. The number of hydrogen-bond acceptors (Lipinski definition) is 4. The minimum absolute atomic E-state index is 0.0316. The molecule has 0 heterocycles. The molecule has 9 heteroatoms. The van der Waals surface area contributed by atoms with Gasteiger partial charge in [0, 0.05) is 38.6 Å². The Kier molecular flexibility index (Phi) is 8.23. The molecule has 0 radical (unpaired) electrons. The van der Waals surface area contributed by atoms with E-state index in [9.17, 15) is 17.6 Å². The summed E-state index contributed by atoms with van der Waals surface area (Å²) in [7, 11) is -0.115. The van der Waals surface area contributed by atoms with Gasteiger partial charge in [-0.1, -0.05) is 6.92 Å². The van der Waals surface area contributed by atoms with Gasteiger partial charge in [-0.2, -0.15) is 4.31 Å². The maximum Gasteiger partial charge on any atom is 0.243 e. The molecule has 1 amide bonds. The van der Waals surface area contributed by atoms with Crippen molar-refractivity contribution in [3.63, 3.8) is 0 Å². The molecule has 0 saturated carbocycles. The van der Waals surface area contributed by atoms with Crippen LogP contribution in [0.4, 0.5) is 15.8 Å². The molecule has 1 N–H and O–H groups in total. The molecule has 0 aromatic heterocycles. The van der Waals surface area contributed by atoms with Crippen LogP contribution in [0.5, 0.6) is 0 Å². The molecule has 2 aromatic carbocycles. The summed E-state index contributed by atoms with van der Waals surface area (Å²) >= 11 is 5.83. The smallest absolute Gasteiger partial charge is 0.243 e. The Morgan fingerprint density at radius 1 is 1.17 bits per heavy atom. The summed E-state index contributed by atoms with van der Waals surface area (Å²) in [5.41, 5.74) is 2.07. The first-order chi connectivity index (χ1) is 14.1. The predicted octanol–water partition coefficient (Wildman–Crippen LogP) is 4.06. The van der Waals surface area contributed by atoms with Gasteiger partial charge in [-0.3, -0.25) is 4.79 Å². The largest absolute Gasteiger partial charge is 0.377 e. The SMILES string of the molecule is CCCN(Cc1cc(NC(=O)[C@@H](C)Cl)ccc1N(C)C)S(=O)(=O)c1ccc(F)cc1. The van der Waals surface area contributed by atoms with Crippen molar-refractivity contribution in [2.24, 2.45) is 0 Å². The van der Waals surface area contributed by atoms with E-state index in [1.54, 1.807) is 19.1 Å². The minimum Gasteiger partial charge on any atom is -0.377 e. The lowest BCUT2D eigenvalue weighted by molar-refractivity contribution is -0.115. The van der Waals surface area contributed by atoms with Crippen molar-refractivity contribution in [3.8, 4) is 0 Å². The fourth-order valence-corrected chi connectivity index (χ4v) is 4.51. The zero-order valence-corrected chi connectivity index (χ0v) is 19.1. The van der Waals surface area contributed by atoms with Gasteiger partial charge in [0.1, 0.15) is 11.2 Å². The number of sulfonamides is 1. The van der Waals surface area contributed by atoms with Gasteiger partial charge in [-0.15, -0.1) is 11.6 Å².